The number of rotatable bonds is 2. The lowest BCUT2D eigenvalue weighted by Gasteiger charge is -2.09. The molecule has 1 heterocycles. The number of nitrogens with one attached hydrogen (secondary N) is 1. The minimum absolute atomic E-state index is 0.173. The van der Waals surface area contributed by atoms with Gasteiger partial charge in [-0.3, -0.25) is 14.2 Å². The Labute approximate surface area is 145 Å². The summed E-state index contributed by atoms with van der Waals surface area (Å²) < 4.78 is 1.44. The summed E-state index contributed by atoms with van der Waals surface area (Å²) >= 11 is 6.03. The van der Waals surface area contributed by atoms with Gasteiger partial charge in [0.05, 0.1) is 11.1 Å². The van der Waals surface area contributed by atoms with Gasteiger partial charge in [0, 0.05) is 29.2 Å². The van der Waals surface area contributed by atoms with Gasteiger partial charge in [-0.25, -0.2) is 0 Å². The Morgan fingerprint density at radius 2 is 1.88 bits per heavy atom. The molecule has 0 bridgehead atoms. The fourth-order valence-electron chi connectivity index (χ4n) is 2.72. The first-order chi connectivity index (χ1) is 11.4. The first-order valence-electron chi connectivity index (χ1n) is 7.57. The molecule has 0 aliphatic heterocycles. The van der Waals surface area contributed by atoms with E-state index in [4.69, 9.17) is 11.6 Å². The molecule has 0 fully saturated rings. The van der Waals surface area contributed by atoms with Gasteiger partial charge in [0.25, 0.3) is 5.91 Å². The molecule has 0 aliphatic rings. The first kappa shape index (κ1) is 16.3. The summed E-state index contributed by atoms with van der Waals surface area (Å²) in [4.78, 5) is 24.6. The van der Waals surface area contributed by atoms with Crippen molar-refractivity contribution in [1.29, 1.82) is 0 Å². The molecule has 0 spiro atoms. The summed E-state index contributed by atoms with van der Waals surface area (Å²) in [6.07, 6.45) is 1.56. The van der Waals surface area contributed by atoms with Crippen molar-refractivity contribution < 1.29 is 9.59 Å². The van der Waals surface area contributed by atoms with E-state index in [-0.39, 0.29) is 11.8 Å². The molecule has 24 heavy (non-hydrogen) atoms. The standard InChI is InChI=1S/C19H17ClN2O2/c1-11-5-4-6-17(12(11)2)21-19(24)16-10-22(13(3)23)18-9-14(20)7-8-15(16)18/h4-10H,1-3H3,(H,21,24). The van der Waals surface area contributed by atoms with Gasteiger partial charge in [-0.1, -0.05) is 29.8 Å². The quantitative estimate of drug-likeness (QED) is 0.726. The van der Waals surface area contributed by atoms with E-state index in [1.54, 1.807) is 24.4 Å². The third kappa shape index (κ3) is 2.81. The van der Waals surface area contributed by atoms with Crippen molar-refractivity contribution in [3.63, 3.8) is 0 Å². The van der Waals surface area contributed by atoms with Crippen LogP contribution in [0.4, 0.5) is 5.69 Å². The molecule has 0 unspecified atom stereocenters. The number of fused-ring (bicyclic) bond motifs is 1. The van der Waals surface area contributed by atoms with Gasteiger partial charge in [-0.2, -0.15) is 0 Å². The van der Waals surface area contributed by atoms with Crippen molar-refractivity contribution in [2.45, 2.75) is 20.8 Å². The molecule has 0 saturated heterocycles. The molecule has 3 rings (SSSR count). The maximum absolute atomic E-state index is 12.7. The molecular formula is C19H17ClN2O2. The van der Waals surface area contributed by atoms with Gasteiger partial charge in [-0.15, -0.1) is 0 Å². The lowest BCUT2D eigenvalue weighted by molar-refractivity contribution is 0.0941. The predicted octanol–water partition coefficient (Wildman–Crippen LogP) is 4.82. The molecule has 0 aliphatic carbocycles. The van der Waals surface area contributed by atoms with E-state index in [0.29, 0.717) is 21.5 Å². The van der Waals surface area contributed by atoms with Crippen LogP contribution in [0.5, 0.6) is 0 Å². The average molecular weight is 341 g/mol. The molecule has 2 aromatic carbocycles. The zero-order chi connectivity index (χ0) is 17.4. The number of nitrogens with zero attached hydrogens (tertiary/aromatic N) is 1. The number of anilines is 1. The number of carbonyl (C=O) groups is 2. The highest BCUT2D eigenvalue weighted by atomic mass is 35.5. The van der Waals surface area contributed by atoms with E-state index in [1.807, 2.05) is 32.0 Å². The summed E-state index contributed by atoms with van der Waals surface area (Å²) in [5.74, 6) is -0.427. The molecule has 1 amide bonds. The van der Waals surface area contributed by atoms with E-state index in [2.05, 4.69) is 5.32 Å². The van der Waals surface area contributed by atoms with Crippen LogP contribution in [-0.4, -0.2) is 16.4 Å². The summed E-state index contributed by atoms with van der Waals surface area (Å²) in [5.41, 5.74) is 3.95. The van der Waals surface area contributed by atoms with Crippen LogP contribution in [0.15, 0.2) is 42.6 Å². The zero-order valence-corrected chi connectivity index (χ0v) is 14.4. The Kier molecular flexibility index (Phi) is 4.16. The smallest absolute Gasteiger partial charge is 0.257 e. The number of hydrogen-bond acceptors (Lipinski definition) is 2. The first-order valence-corrected chi connectivity index (χ1v) is 7.95. The van der Waals surface area contributed by atoms with Crippen LogP contribution in [0.25, 0.3) is 10.9 Å². The van der Waals surface area contributed by atoms with Crippen molar-refractivity contribution in [3.8, 4) is 0 Å². The minimum atomic E-state index is -0.254. The number of hydrogen-bond donors (Lipinski definition) is 1. The largest absolute Gasteiger partial charge is 0.322 e. The minimum Gasteiger partial charge on any atom is -0.322 e. The number of aryl methyl sites for hydroxylation is 1. The third-order valence-corrected chi connectivity index (χ3v) is 4.44. The van der Waals surface area contributed by atoms with E-state index >= 15 is 0 Å². The molecule has 1 N–H and O–H groups in total. The third-order valence-electron chi connectivity index (χ3n) is 4.20. The summed E-state index contributed by atoms with van der Waals surface area (Å²) in [7, 11) is 0. The van der Waals surface area contributed by atoms with Crippen molar-refractivity contribution in [3.05, 3.63) is 64.3 Å². The lowest BCUT2D eigenvalue weighted by atomic mass is 10.1. The number of aromatic nitrogens is 1. The molecule has 0 saturated carbocycles. The van der Waals surface area contributed by atoms with Crippen LogP contribution >= 0.6 is 11.6 Å². The number of halogens is 1. The van der Waals surface area contributed by atoms with Crippen molar-refractivity contribution in [2.24, 2.45) is 0 Å². The molecule has 122 valence electrons. The van der Waals surface area contributed by atoms with Crippen LogP contribution in [0.1, 0.15) is 33.2 Å². The Morgan fingerprint density at radius 1 is 1.12 bits per heavy atom. The average Bonchev–Trinajstić information content (AvgIpc) is 2.90. The van der Waals surface area contributed by atoms with Crippen molar-refractivity contribution in [1.82, 2.24) is 4.57 Å². The second kappa shape index (κ2) is 6.13. The van der Waals surface area contributed by atoms with Crippen LogP contribution in [0.3, 0.4) is 0 Å². The maximum Gasteiger partial charge on any atom is 0.257 e. The Balaban J connectivity index is 2.07. The Hall–Kier alpha value is -2.59. The second-order valence-electron chi connectivity index (χ2n) is 5.79. The van der Waals surface area contributed by atoms with Gasteiger partial charge in [-0.05, 0) is 43.2 Å². The van der Waals surface area contributed by atoms with Gasteiger partial charge in [0.15, 0.2) is 0 Å². The van der Waals surface area contributed by atoms with Crippen molar-refractivity contribution in [2.75, 3.05) is 5.32 Å². The fourth-order valence-corrected chi connectivity index (χ4v) is 2.88. The highest BCUT2D eigenvalue weighted by molar-refractivity contribution is 6.31. The van der Waals surface area contributed by atoms with Crippen LogP contribution in [-0.2, 0) is 0 Å². The normalized spacial score (nSPS) is 10.8. The summed E-state index contributed by atoms with van der Waals surface area (Å²) in [6.45, 7) is 5.41. The SMILES string of the molecule is CC(=O)n1cc(C(=O)Nc2cccc(C)c2C)c2ccc(Cl)cc21. The van der Waals surface area contributed by atoms with E-state index < -0.39 is 0 Å². The molecular weight excluding hydrogens is 324 g/mol. The molecule has 0 radical (unpaired) electrons. The monoisotopic (exact) mass is 340 g/mol. The topological polar surface area (TPSA) is 51.1 Å². The summed E-state index contributed by atoms with van der Waals surface area (Å²) in [5, 5.41) is 4.14. The Morgan fingerprint density at radius 3 is 2.58 bits per heavy atom. The van der Waals surface area contributed by atoms with E-state index in [1.165, 1.54) is 11.5 Å². The van der Waals surface area contributed by atoms with Crippen LogP contribution < -0.4 is 5.32 Å². The zero-order valence-electron chi connectivity index (χ0n) is 13.7. The second-order valence-corrected chi connectivity index (χ2v) is 6.23. The van der Waals surface area contributed by atoms with E-state index in [9.17, 15) is 9.59 Å². The molecule has 4 nitrogen and oxygen atoms in total. The number of amides is 1. The van der Waals surface area contributed by atoms with Gasteiger partial charge in [0.2, 0.25) is 5.91 Å². The fraction of sp³-hybridized carbons (Fsp3) is 0.158. The maximum atomic E-state index is 12.7. The van der Waals surface area contributed by atoms with Gasteiger partial charge in [0.1, 0.15) is 0 Å². The Bertz CT molecular complexity index is 973. The van der Waals surface area contributed by atoms with Gasteiger partial charge >= 0.3 is 0 Å². The van der Waals surface area contributed by atoms with Gasteiger partial charge < -0.3 is 5.32 Å². The molecule has 0 atom stereocenters. The molecule has 5 heteroatoms. The highest BCUT2D eigenvalue weighted by Gasteiger charge is 2.18. The molecule has 1 aromatic heterocycles. The van der Waals surface area contributed by atoms with E-state index in [0.717, 1.165) is 16.8 Å². The lowest BCUT2D eigenvalue weighted by Crippen LogP contribution is -2.13. The number of benzene rings is 2. The van der Waals surface area contributed by atoms with Crippen LogP contribution in [0.2, 0.25) is 5.02 Å². The highest BCUT2D eigenvalue weighted by Crippen LogP contribution is 2.26. The van der Waals surface area contributed by atoms with Crippen molar-refractivity contribution >= 4 is 40.0 Å². The predicted molar refractivity (Wildman–Crippen MR) is 97.1 cm³/mol. The van der Waals surface area contributed by atoms with Crippen LogP contribution in [0, 0.1) is 13.8 Å². The molecule has 3 aromatic rings. The summed E-state index contributed by atoms with van der Waals surface area (Å²) in [6, 6.07) is 10.9. The number of carbonyl (C=O) groups excluding carboxylic acids is 2.